The van der Waals surface area contributed by atoms with Crippen molar-refractivity contribution in [2.45, 2.75) is 0 Å². The zero-order valence-corrected chi connectivity index (χ0v) is 18.5. The number of methoxy groups -OCH3 is 2. The van der Waals surface area contributed by atoms with Gasteiger partial charge in [-0.05, 0) is 17.5 Å². The lowest BCUT2D eigenvalue weighted by Crippen LogP contribution is -2.41. The smallest absolute Gasteiger partial charge is 0.261 e. The van der Waals surface area contributed by atoms with Gasteiger partial charge in [-0.25, -0.2) is 12.7 Å². The fraction of sp³-hybridized carbons (Fsp3) is 0.444. The molecule has 0 saturated carbocycles. The molecule has 0 atom stereocenters. The van der Waals surface area contributed by atoms with Crippen LogP contribution >= 0.6 is 23.1 Å². The maximum atomic E-state index is 12.6. The monoisotopic (exact) mass is 458 g/mol. The summed E-state index contributed by atoms with van der Waals surface area (Å²) in [5, 5.41) is 3.50. The van der Waals surface area contributed by atoms with Crippen molar-refractivity contribution in [1.29, 1.82) is 0 Å². The summed E-state index contributed by atoms with van der Waals surface area (Å²) in [4.78, 5) is 25.3. The Bertz CT molecular complexity index is 1060. The van der Waals surface area contributed by atoms with Gasteiger partial charge in [-0.1, -0.05) is 17.4 Å². The number of fused-ring (bicyclic) bond motifs is 1. The van der Waals surface area contributed by atoms with Crippen LogP contribution in [0.15, 0.2) is 23.0 Å². The standard InChI is InChI=1S/C18H22N2O6S3/c1-25-13-4-3-12-11-14(28-18(22)15(12)16(13)26-2)17(21)19-5-10-29(23,24)20-6-8-27-9-7-20/h3-4,11H,5-10H2,1-2H3,(H,19,21). The SMILES string of the molecule is COc1ccc2cc(C(=O)NCCS(=O)(=O)N3CCSCC3)sc(=O)c2c1OC. The van der Waals surface area contributed by atoms with E-state index in [-0.39, 0.29) is 21.9 Å². The van der Waals surface area contributed by atoms with Crippen LogP contribution in [0.5, 0.6) is 11.5 Å². The first-order valence-electron chi connectivity index (χ1n) is 8.90. The molecule has 0 unspecified atom stereocenters. The van der Waals surface area contributed by atoms with Gasteiger partial charge in [0.1, 0.15) is 0 Å². The number of nitrogens with zero attached hydrogens (tertiary/aromatic N) is 1. The molecule has 3 rings (SSSR count). The highest BCUT2D eigenvalue weighted by molar-refractivity contribution is 7.99. The molecule has 1 fully saturated rings. The average molecular weight is 459 g/mol. The van der Waals surface area contributed by atoms with Crippen molar-refractivity contribution in [1.82, 2.24) is 9.62 Å². The molecular formula is C18H22N2O6S3. The minimum atomic E-state index is -3.40. The Hall–Kier alpha value is -1.82. The molecule has 0 aliphatic carbocycles. The second kappa shape index (κ2) is 9.33. The second-order valence-electron chi connectivity index (χ2n) is 6.25. The number of ether oxygens (including phenoxy) is 2. The first-order chi connectivity index (χ1) is 13.9. The lowest BCUT2D eigenvalue weighted by molar-refractivity contribution is 0.0960. The van der Waals surface area contributed by atoms with E-state index in [1.807, 2.05) is 0 Å². The predicted molar refractivity (Wildman–Crippen MR) is 116 cm³/mol. The Morgan fingerprint density at radius 1 is 1.21 bits per heavy atom. The van der Waals surface area contributed by atoms with Gasteiger partial charge >= 0.3 is 0 Å². The normalized spacial score (nSPS) is 15.2. The van der Waals surface area contributed by atoms with Crippen LogP contribution in [0.4, 0.5) is 0 Å². The number of hydrogen-bond acceptors (Lipinski definition) is 8. The molecule has 2 heterocycles. The van der Waals surface area contributed by atoms with Crippen molar-refractivity contribution in [2.75, 3.05) is 51.1 Å². The van der Waals surface area contributed by atoms with Crippen molar-refractivity contribution >= 4 is 49.8 Å². The van der Waals surface area contributed by atoms with Gasteiger partial charge < -0.3 is 14.8 Å². The highest BCUT2D eigenvalue weighted by Gasteiger charge is 2.24. The summed E-state index contributed by atoms with van der Waals surface area (Å²) in [6, 6.07) is 4.94. The molecule has 0 bridgehead atoms. The molecule has 0 spiro atoms. The van der Waals surface area contributed by atoms with E-state index in [4.69, 9.17) is 9.47 Å². The average Bonchev–Trinajstić information content (AvgIpc) is 2.73. The Balaban J connectivity index is 1.73. The zero-order valence-electron chi connectivity index (χ0n) is 16.1. The Labute approximate surface area is 177 Å². The van der Waals surface area contributed by atoms with Gasteiger partial charge in [-0.3, -0.25) is 9.59 Å². The Morgan fingerprint density at radius 2 is 1.93 bits per heavy atom. The van der Waals surface area contributed by atoms with Gasteiger partial charge in [0.2, 0.25) is 14.8 Å². The van der Waals surface area contributed by atoms with Crippen LogP contribution in [-0.4, -0.2) is 69.7 Å². The Morgan fingerprint density at radius 3 is 2.59 bits per heavy atom. The molecule has 1 amide bonds. The van der Waals surface area contributed by atoms with Gasteiger partial charge in [0.05, 0.1) is 30.2 Å². The topological polar surface area (TPSA) is 102 Å². The van der Waals surface area contributed by atoms with E-state index in [9.17, 15) is 18.0 Å². The molecule has 1 aliphatic rings. The van der Waals surface area contributed by atoms with E-state index >= 15 is 0 Å². The van der Waals surface area contributed by atoms with Crippen molar-refractivity contribution in [3.8, 4) is 11.5 Å². The molecule has 158 valence electrons. The van der Waals surface area contributed by atoms with Gasteiger partial charge in [0.15, 0.2) is 11.5 Å². The number of carbonyl (C=O) groups excluding carboxylic acids is 1. The van der Waals surface area contributed by atoms with Crippen LogP contribution in [0.25, 0.3) is 10.8 Å². The van der Waals surface area contributed by atoms with E-state index in [0.717, 1.165) is 22.8 Å². The quantitative estimate of drug-likeness (QED) is 0.669. The molecule has 0 radical (unpaired) electrons. The number of sulfonamides is 1. The number of rotatable bonds is 7. The third-order valence-electron chi connectivity index (χ3n) is 4.50. The molecule has 1 N–H and O–H groups in total. The molecule has 1 aliphatic heterocycles. The van der Waals surface area contributed by atoms with Crippen LogP contribution in [0.1, 0.15) is 9.67 Å². The van der Waals surface area contributed by atoms with Gasteiger partial charge in [-0.15, -0.1) is 0 Å². The molecule has 8 nitrogen and oxygen atoms in total. The number of nitrogens with one attached hydrogen (secondary N) is 1. The second-order valence-corrected chi connectivity index (χ2v) is 10.6. The van der Waals surface area contributed by atoms with Crippen LogP contribution in [0.3, 0.4) is 0 Å². The molecular weight excluding hydrogens is 436 g/mol. The maximum absolute atomic E-state index is 12.6. The van der Waals surface area contributed by atoms with E-state index < -0.39 is 15.9 Å². The van der Waals surface area contributed by atoms with Gasteiger partial charge in [0.25, 0.3) is 5.91 Å². The third kappa shape index (κ3) is 4.85. The summed E-state index contributed by atoms with van der Waals surface area (Å²) in [6.45, 7) is 0.979. The van der Waals surface area contributed by atoms with Crippen molar-refractivity contribution < 1.29 is 22.7 Å². The maximum Gasteiger partial charge on any atom is 0.261 e. The minimum Gasteiger partial charge on any atom is -0.493 e. The fourth-order valence-electron chi connectivity index (χ4n) is 3.04. The van der Waals surface area contributed by atoms with Crippen LogP contribution in [0, 0.1) is 0 Å². The lowest BCUT2D eigenvalue weighted by atomic mass is 10.1. The highest BCUT2D eigenvalue weighted by Crippen LogP contribution is 2.34. The van der Waals surface area contributed by atoms with Crippen molar-refractivity contribution in [3.63, 3.8) is 0 Å². The summed E-state index contributed by atoms with van der Waals surface area (Å²) in [5.41, 5.74) is 0. The zero-order chi connectivity index (χ0) is 21.0. The third-order valence-corrected chi connectivity index (χ3v) is 8.23. The lowest BCUT2D eigenvalue weighted by Gasteiger charge is -2.25. The highest BCUT2D eigenvalue weighted by atomic mass is 32.2. The van der Waals surface area contributed by atoms with Crippen molar-refractivity contribution in [2.24, 2.45) is 0 Å². The summed E-state index contributed by atoms with van der Waals surface area (Å²) >= 11 is 2.51. The first kappa shape index (κ1) is 21.9. The van der Waals surface area contributed by atoms with E-state index in [0.29, 0.717) is 35.4 Å². The molecule has 2 aromatic rings. The number of thioether (sulfide) groups is 1. The molecule has 1 aromatic heterocycles. The van der Waals surface area contributed by atoms with E-state index in [1.165, 1.54) is 18.5 Å². The Kier molecular flexibility index (Phi) is 7.04. The molecule has 1 aromatic carbocycles. The van der Waals surface area contributed by atoms with Crippen LogP contribution < -0.4 is 19.5 Å². The molecule has 11 heteroatoms. The summed E-state index contributed by atoms with van der Waals surface area (Å²) < 4.78 is 36.4. The van der Waals surface area contributed by atoms with Crippen molar-refractivity contribution in [3.05, 3.63) is 32.6 Å². The van der Waals surface area contributed by atoms with Gasteiger partial charge in [-0.2, -0.15) is 11.8 Å². The number of hydrogen-bond donors (Lipinski definition) is 1. The van der Waals surface area contributed by atoms with Crippen LogP contribution in [-0.2, 0) is 10.0 Å². The predicted octanol–water partition coefficient (Wildman–Crippen LogP) is 1.39. The van der Waals surface area contributed by atoms with E-state index in [2.05, 4.69) is 5.32 Å². The number of carbonyl (C=O) groups is 1. The van der Waals surface area contributed by atoms with E-state index in [1.54, 1.807) is 30.0 Å². The number of amides is 1. The summed E-state index contributed by atoms with van der Waals surface area (Å²) in [6.07, 6.45) is 0. The van der Waals surface area contributed by atoms with Crippen LogP contribution in [0.2, 0.25) is 0 Å². The largest absolute Gasteiger partial charge is 0.493 e. The number of benzene rings is 1. The summed E-state index contributed by atoms with van der Waals surface area (Å²) in [7, 11) is -0.474. The van der Waals surface area contributed by atoms with Gasteiger partial charge in [0, 0.05) is 31.1 Å². The molecule has 1 saturated heterocycles. The summed E-state index contributed by atoms with van der Waals surface area (Å²) in [5.74, 6) is 1.67. The fourth-order valence-corrected chi connectivity index (χ4v) is 6.40. The minimum absolute atomic E-state index is 0.0182. The molecule has 29 heavy (non-hydrogen) atoms. The first-order valence-corrected chi connectivity index (χ1v) is 12.5.